The first-order chi connectivity index (χ1) is 9.29. The zero-order valence-corrected chi connectivity index (χ0v) is 10.4. The SMILES string of the molecule is COc1ccc(-n2cnc3ccccc3c2=O)cc1. The maximum absolute atomic E-state index is 12.4. The van der Waals surface area contributed by atoms with Crippen LogP contribution in [0.1, 0.15) is 0 Å². The van der Waals surface area contributed by atoms with Gasteiger partial charge in [-0.2, -0.15) is 0 Å². The minimum atomic E-state index is -0.0734. The molecule has 0 aliphatic carbocycles. The molecular formula is C15H12N2O2. The molecule has 1 heterocycles. The van der Waals surface area contributed by atoms with E-state index in [2.05, 4.69) is 4.98 Å². The van der Waals surface area contributed by atoms with Gasteiger partial charge in [0.25, 0.3) is 5.56 Å². The van der Waals surface area contributed by atoms with Crippen molar-refractivity contribution in [2.24, 2.45) is 0 Å². The van der Waals surface area contributed by atoms with Gasteiger partial charge in [0.2, 0.25) is 0 Å². The molecule has 3 aromatic rings. The van der Waals surface area contributed by atoms with Gasteiger partial charge in [-0.1, -0.05) is 12.1 Å². The highest BCUT2D eigenvalue weighted by molar-refractivity contribution is 5.77. The number of benzene rings is 2. The standard InChI is InChI=1S/C15H12N2O2/c1-19-12-8-6-11(7-9-12)17-10-16-14-5-3-2-4-13(14)15(17)18/h2-10H,1H3. The molecule has 4 nitrogen and oxygen atoms in total. The van der Waals surface area contributed by atoms with Crippen LogP contribution in [-0.2, 0) is 0 Å². The second-order valence-electron chi connectivity index (χ2n) is 4.13. The highest BCUT2D eigenvalue weighted by Gasteiger charge is 2.05. The minimum absolute atomic E-state index is 0.0734. The molecule has 0 radical (unpaired) electrons. The largest absolute Gasteiger partial charge is 0.497 e. The number of hydrogen-bond acceptors (Lipinski definition) is 3. The first kappa shape index (κ1) is 11.5. The molecule has 0 aliphatic rings. The van der Waals surface area contributed by atoms with Gasteiger partial charge in [-0.3, -0.25) is 9.36 Å². The van der Waals surface area contributed by atoms with Crippen LogP contribution in [0.25, 0.3) is 16.6 Å². The molecule has 0 N–H and O–H groups in total. The highest BCUT2D eigenvalue weighted by atomic mass is 16.5. The van der Waals surface area contributed by atoms with E-state index in [4.69, 9.17) is 4.74 Å². The summed E-state index contributed by atoms with van der Waals surface area (Å²) in [6.45, 7) is 0. The number of aromatic nitrogens is 2. The average Bonchev–Trinajstić information content (AvgIpc) is 2.48. The van der Waals surface area contributed by atoms with Crippen molar-refractivity contribution in [3.8, 4) is 11.4 Å². The van der Waals surface area contributed by atoms with Crippen LogP contribution in [0.15, 0.2) is 59.7 Å². The minimum Gasteiger partial charge on any atom is -0.497 e. The lowest BCUT2D eigenvalue weighted by Crippen LogP contribution is -2.18. The first-order valence-corrected chi connectivity index (χ1v) is 5.90. The summed E-state index contributed by atoms with van der Waals surface area (Å²) in [4.78, 5) is 16.7. The van der Waals surface area contributed by atoms with Crippen molar-refractivity contribution >= 4 is 10.9 Å². The van der Waals surface area contributed by atoms with Gasteiger partial charge in [-0.05, 0) is 36.4 Å². The van der Waals surface area contributed by atoms with E-state index in [-0.39, 0.29) is 5.56 Å². The van der Waals surface area contributed by atoms with Gasteiger partial charge in [0.1, 0.15) is 12.1 Å². The van der Waals surface area contributed by atoms with Crippen molar-refractivity contribution in [3.63, 3.8) is 0 Å². The second kappa shape index (κ2) is 4.57. The second-order valence-corrected chi connectivity index (χ2v) is 4.13. The molecule has 0 atom stereocenters. The molecule has 0 unspecified atom stereocenters. The van der Waals surface area contributed by atoms with E-state index in [0.29, 0.717) is 10.9 Å². The Hall–Kier alpha value is -2.62. The summed E-state index contributed by atoms with van der Waals surface area (Å²) in [7, 11) is 1.61. The number of hydrogen-bond donors (Lipinski definition) is 0. The molecule has 0 fully saturated rings. The maximum Gasteiger partial charge on any atom is 0.265 e. The molecule has 0 aliphatic heterocycles. The number of fused-ring (bicyclic) bond motifs is 1. The van der Waals surface area contributed by atoms with Crippen LogP contribution in [0.2, 0.25) is 0 Å². The van der Waals surface area contributed by atoms with Gasteiger partial charge in [-0.25, -0.2) is 4.98 Å². The fourth-order valence-electron chi connectivity index (χ4n) is 2.00. The zero-order chi connectivity index (χ0) is 13.2. The molecule has 3 rings (SSSR count). The predicted molar refractivity (Wildman–Crippen MR) is 73.9 cm³/mol. The van der Waals surface area contributed by atoms with Crippen LogP contribution in [0.3, 0.4) is 0 Å². The van der Waals surface area contributed by atoms with Crippen LogP contribution < -0.4 is 10.3 Å². The Labute approximate surface area is 109 Å². The van der Waals surface area contributed by atoms with E-state index in [1.54, 1.807) is 19.5 Å². The Kier molecular flexibility index (Phi) is 2.76. The molecule has 0 bridgehead atoms. The van der Waals surface area contributed by atoms with E-state index in [1.165, 1.54) is 4.57 Å². The van der Waals surface area contributed by atoms with Crippen molar-refractivity contribution in [2.45, 2.75) is 0 Å². The summed E-state index contributed by atoms with van der Waals surface area (Å²) in [5.41, 5.74) is 1.40. The van der Waals surface area contributed by atoms with E-state index in [9.17, 15) is 4.79 Å². The third-order valence-corrected chi connectivity index (χ3v) is 3.02. The van der Waals surface area contributed by atoms with E-state index >= 15 is 0 Å². The number of para-hydroxylation sites is 1. The summed E-state index contributed by atoms with van der Waals surface area (Å²) >= 11 is 0. The lowest BCUT2D eigenvalue weighted by atomic mass is 10.2. The van der Waals surface area contributed by atoms with Gasteiger partial charge < -0.3 is 4.74 Å². The molecule has 4 heteroatoms. The van der Waals surface area contributed by atoms with Crippen molar-refractivity contribution in [1.29, 1.82) is 0 Å². The third-order valence-electron chi connectivity index (χ3n) is 3.02. The van der Waals surface area contributed by atoms with Gasteiger partial charge >= 0.3 is 0 Å². The van der Waals surface area contributed by atoms with Gasteiger partial charge in [-0.15, -0.1) is 0 Å². The normalized spacial score (nSPS) is 10.6. The smallest absolute Gasteiger partial charge is 0.265 e. The van der Waals surface area contributed by atoms with Crippen molar-refractivity contribution < 1.29 is 4.74 Å². The van der Waals surface area contributed by atoms with Gasteiger partial charge in [0, 0.05) is 0 Å². The molecule has 19 heavy (non-hydrogen) atoms. The van der Waals surface area contributed by atoms with Crippen LogP contribution in [0.4, 0.5) is 0 Å². The van der Waals surface area contributed by atoms with Crippen LogP contribution in [0, 0.1) is 0 Å². The molecule has 0 saturated heterocycles. The summed E-state index contributed by atoms with van der Waals surface area (Å²) in [5, 5.41) is 0.612. The highest BCUT2D eigenvalue weighted by Crippen LogP contribution is 2.14. The number of ether oxygens (including phenoxy) is 1. The van der Waals surface area contributed by atoms with Gasteiger partial charge in [0.15, 0.2) is 0 Å². The Balaban J connectivity index is 2.19. The van der Waals surface area contributed by atoms with E-state index in [0.717, 1.165) is 11.4 Å². The van der Waals surface area contributed by atoms with E-state index in [1.807, 2.05) is 42.5 Å². The Morgan fingerprint density at radius 2 is 1.79 bits per heavy atom. The maximum atomic E-state index is 12.4. The molecule has 0 amide bonds. The monoisotopic (exact) mass is 252 g/mol. The molecular weight excluding hydrogens is 240 g/mol. The van der Waals surface area contributed by atoms with Crippen molar-refractivity contribution in [3.05, 3.63) is 65.2 Å². The van der Waals surface area contributed by atoms with Crippen LogP contribution in [0.5, 0.6) is 5.75 Å². The summed E-state index contributed by atoms with van der Waals surface area (Å²) in [5.74, 6) is 0.755. The fourth-order valence-corrected chi connectivity index (χ4v) is 2.00. The summed E-state index contributed by atoms with van der Waals surface area (Å²) < 4.78 is 6.63. The number of nitrogens with zero attached hydrogens (tertiary/aromatic N) is 2. The fraction of sp³-hybridized carbons (Fsp3) is 0.0667. The average molecular weight is 252 g/mol. The molecule has 0 spiro atoms. The summed E-state index contributed by atoms with van der Waals surface area (Å²) in [6.07, 6.45) is 1.55. The number of rotatable bonds is 2. The first-order valence-electron chi connectivity index (χ1n) is 5.90. The van der Waals surface area contributed by atoms with Crippen molar-refractivity contribution in [1.82, 2.24) is 9.55 Å². The van der Waals surface area contributed by atoms with Gasteiger partial charge in [0.05, 0.1) is 23.7 Å². The molecule has 0 saturated carbocycles. The predicted octanol–water partition coefficient (Wildman–Crippen LogP) is 2.39. The lowest BCUT2D eigenvalue weighted by Gasteiger charge is -2.07. The topological polar surface area (TPSA) is 44.1 Å². The van der Waals surface area contributed by atoms with E-state index < -0.39 is 0 Å². The number of methoxy groups -OCH3 is 1. The third kappa shape index (κ3) is 1.97. The van der Waals surface area contributed by atoms with Crippen molar-refractivity contribution in [2.75, 3.05) is 7.11 Å². The Bertz CT molecular complexity index is 776. The zero-order valence-electron chi connectivity index (χ0n) is 10.4. The lowest BCUT2D eigenvalue weighted by molar-refractivity contribution is 0.414. The Morgan fingerprint density at radius 3 is 2.53 bits per heavy atom. The molecule has 1 aromatic heterocycles. The van der Waals surface area contributed by atoms with Crippen LogP contribution in [-0.4, -0.2) is 16.7 Å². The Morgan fingerprint density at radius 1 is 1.05 bits per heavy atom. The molecule has 94 valence electrons. The summed E-state index contributed by atoms with van der Waals surface area (Å²) in [6, 6.07) is 14.6. The quantitative estimate of drug-likeness (QED) is 0.703. The molecule has 2 aromatic carbocycles. The van der Waals surface area contributed by atoms with Crippen LogP contribution >= 0.6 is 0 Å².